The lowest BCUT2D eigenvalue weighted by Crippen LogP contribution is -2.49. The summed E-state index contributed by atoms with van der Waals surface area (Å²) in [4.78, 5) is 28.5. The van der Waals surface area contributed by atoms with Gasteiger partial charge in [-0.3, -0.25) is 15.5 Å². The Balaban J connectivity index is 1.54. The van der Waals surface area contributed by atoms with Gasteiger partial charge in [-0.15, -0.1) is 0 Å². The summed E-state index contributed by atoms with van der Waals surface area (Å²) < 4.78 is 5.17. The molecule has 10 heteroatoms. The fourth-order valence-corrected chi connectivity index (χ4v) is 4.52. The van der Waals surface area contributed by atoms with Crippen LogP contribution < -0.4 is 21.7 Å². The third kappa shape index (κ3) is 9.69. The first-order chi connectivity index (χ1) is 19.3. The smallest absolute Gasteiger partial charge is 0.414 e. The summed E-state index contributed by atoms with van der Waals surface area (Å²) in [5.41, 5.74) is 8.96. The number of hydrogen-bond acceptors (Lipinski definition) is 6. The second-order valence-corrected chi connectivity index (χ2v) is 11.3. The number of aliphatic imine (C=N–C) groups is 1. The van der Waals surface area contributed by atoms with Crippen LogP contribution in [0, 0.1) is 24.2 Å². The minimum Gasteiger partial charge on any atom is -0.444 e. The molecule has 0 saturated heterocycles. The van der Waals surface area contributed by atoms with Crippen molar-refractivity contribution < 1.29 is 14.3 Å². The molecule has 0 heterocycles. The van der Waals surface area contributed by atoms with E-state index in [4.69, 9.17) is 27.5 Å². The van der Waals surface area contributed by atoms with E-state index in [2.05, 4.69) is 39.5 Å². The van der Waals surface area contributed by atoms with Gasteiger partial charge in [-0.1, -0.05) is 29.5 Å². The summed E-state index contributed by atoms with van der Waals surface area (Å²) >= 11 is 6.18. The van der Waals surface area contributed by atoms with Gasteiger partial charge in [-0.25, -0.2) is 9.79 Å². The first kappa shape index (κ1) is 31.2. The molecule has 2 amide bonds. The summed E-state index contributed by atoms with van der Waals surface area (Å²) in [6.45, 7) is 10.7. The zero-order valence-electron chi connectivity index (χ0n) is 23.9. The second-order valence-electron chi connectivity index (χ2n) is 10.9. The first-order valence-electron chi connectivity index (χ1n) is 13.4. The predicted molar refractivity (Wildman–Crippen MR) is 164 cm³/mol. The van der Waals surface area contributed by atoms with E-state index in [0.29, 0.717) is 21.7 Å². The molecule has 0 aliphatic heterocycles. The molecule has 216 valence electrons. The molecule has 2 aromatic rings. The highest BCUT2D eigenvalue weighted by Crippen LogP contribution is 2.24. The van der Waals surface area contributed by atoms with Gasteiger partial charge in [0.1, 0.15) is 11.4 Å². The summed E-state index contributed by atoms with van der Waals surface area (Å²) in [6, 6.07) is 12.6. The van der Waals surface area contributed by atoms with Gasteiger partial charge in [-0.2, -0.15) is 0 Å². The number of halogens is 1. The fourth-order valence-electron chi connectivity index (χ4n) is 4.35. The van der Waals surface area contributed by atoms with Gasteiger partial charge in [0.2, 0.25) is 0 Å². The van der Waals surface area contributed by atoms with Gasteiger partial charge in [0.05, 0.1) is 5.57 Å². The number of guanidine groups is 1. The molecule has 0 spiro atoms. The van der Waals surface area contributed by atoms with Crippen molar-refractivity contribution in [1.29, 1.82) is 5.41 Å². The molecule has 0 aromatic heterocycles. The van der Waals surface area contributed by atoms with Gasteiger partial charge < -0.3 is 21.1 Å². The number of aryl methyl sites for hydroxylation is 1. The Hall–Kier alpha value is -4.29. The highest BCUT2D eigenvalue weighted by atomic mass is 35.5. The average Bonchev–Trinajstić information content (AvgIpc) is 2.90. The van der Waals surface area contributed by atoms with Crippen molar-refractivity contribution in [2.24, 2.45) is 10.7 Å². The van der Waals surface area contributed by atoms with Crippen molar-refractivity contribution in [1.82, 2.24) is 16.0 Å². The van der Waals surface area contributed by atoms with Crippen LogP contribution in [0.4, 0.5) is 4.79 Å². The maximum Gasteiger partial charge on any atom is 0.414 e. The second kappa shape index (κ2) is 13.9. The van der Waals surface area contributed by atoms with E-state index in [-0.39, 0.29) is 29.8 Å². The molecule has 6 N–H and O–H groups in total. The third-order valence-corrected chi connectivity index (χ3v) is 6.65. The van der Waals surface area contributed by atoms with Crippen LogP contribution in [-0.2, 0) is 4.74 Å². The van der Waals surface area contributed by atoms with E-state index < -0.39 is 11.7 Å². The molecule has 1 fully saturated rings. The normalized spacial score (nSPS) is 17.2. The van der Waals surface area contributed by atoms with Crippen molar-refractivity contribution >= 4 is 41.9 Å². The molecule has 0 atom stereocenters. The lowest BCUT2D eigenvalue weighted by atomic mass is 9.91. The Bertz CT molecular complexity index is 1390. The van der Waals surface area contributed by atoms with Crippen LogP contribution in [0.15, 0.2) is 53.3 Å². The topological polar surface area (TPSA) is 142 Å². The lowest BCUT2D eigenvalue weighted by molar-refractivity contribution is 0.0560. The van der Waals surface area contributed by atoms with Crippen molar-refractivity contribution in [3.63, 3.8) is 0 Å². The van der Waals surface area contributed by atoms with E-state index in [0.717, 1.165) is 36.8 Å². The summed E-state index contributed by atoms with van der Waals surface area (Å²) in [7, 11) is 0. The van der Waals surface area contributed by atoms with Crippen LogP contribution in [0.3, 0.4) is 0 Å². The Labute approximate surface area is 246 Å². The number of rotatable bonds is 5. The summed E-state index contributed by atoms with van der Waals surface area (Å²) in [5, 5.41) is 17.0. The molecule has 1 saturated carbocycles. The molecular weight excluding hydrogens is 540 g/mol. The number of nitrogens with two attached hydrogens (primary N) is 1. The van der Waals surface area contributed by atoms with Gasteiger partial charge in [0.15, 0.2) is 5.96 Å². The Kier molecular flexibility index (Phi) is 10.6. The quantitative estimate of drug-likeness (QED) is 0.191. The molecule has 0 unspecified atom stereocenters. The van der Waals surface area contributed by atoms with Crippen LogP contribution >= 0.6 is 11.6 Å². The van der Waals surface area contributed by atoms with Crippen LogP contribution in [0.1, 0.15) is 73.5 Å². The molecule has 0 bridgehead atoms. The average molecular weight is 577 g/mol. The van der Waals surface area contributed by atoms with Gasteiger partial charge >= 0.3 is 6.09 Å². The van der Waals surface area contributed by atoms with E-state index >= 15 is 0 Å². The standard InChI is InChI=1S/C31H37ClN6O3/c1-19-6-12-22(32)18-26(19)25(27(33)35-5)17-9-20-7-10-21(11-8-20)28(39)36-23-13-15-24(16-14-23)37-29(34)38-30(40)41-31(2,3)4/h6-8,10-12,18,23-24H,5,13-16,33H2,1-4H3,(H,36,39)(H3,34,37,38,40)/b27-25-/t23-,24-. The van der Waals surface area contributed by atoms with Crippen LogP contribution in [-0.4, -0.2) is 42.4 Å². The fraction of sp³-hybridized carbons (Fsp3) is 0.355. The zero-order chi connectivity index (χ0) is 30.2. The van der Waals surface area contributed by atoms with Crippen LogP contribution in [0.5, 0.6) is 0 Å². The van der Waals surface area contributed by atoms with Gasteiger partial charge in [0, 0.05) is 28.2 Å². The van der Waals surface area contributed by atoms with E-state index in [1.165, 1.54) is 0 Å². The minimum absolute atomic E-state index is 0.0241. The van der Waals surface area contributed by atoms with Crippen molar-refractivity contribution in [3.05, 3.63) is 75.6 Å². The maximum absolute atomic E-state index is 12.9. The highest BCUT2D eigenvalue weighted by Gasteiger charge is 2.24. The van der Waals surface area contributed by atoms with Crippen molar-refractivity contribution in [2.45, 2.75) is 71.1 Å². The van der Waals surface area contributed by atoms with Gasteiger partial charge in [-0.05, 0) is 108 Å². The number of alkyl carbamates (subject to hydrolysis) is 1. The monoisotopic (exact) mass is 576 g/mol. The predicted octanol–water partition coefficient (Wildman–Crippen LogP) is 5.12. The highest BCUT2D eigenvalue weighted by molar-refractivity contribution is 6.30. The molecule has 1 aliphatic carbocycles. The lowest BCUT2D eigenvalue weighted by Gasteiger charge is -2.30. The number of carbonyl (C=O) groups is 2. The number of ether oxygens (including phenoxy) is 1. The number of nitrogens with one attached hydrogen (secondary N) is 4. The zero-order valence-corrected chi connectivity index (χ0v) is 24.6. The Morgan fingerprint density at radius 1 is 1.07 bits per heavy atom. The third-order valence-electron chi connectivity index (χ3n) is 6.41. The molecule has 3 rings (SSSR count). The number of benzene rings is 2. The number of nitrogens with zero attached hydrogens (tertiary/aromatic N) is 1. The molecule has 0 radical (unpaired) electrons. The molecular formula is C31H37ClN6O3. The molecule has 1 aliphatic rings. The van der Waals surface area contributed by atoms with Crippen LogP contribution in [0.2, 0.25) is 5.02 Å². The van der Waals surface area contributed by atoms with Crippen molar-refractivity contribution in [2.75, 3.05) is 0 Å². The minimum atomic E-state index is -0.668. The molecule has 9 nitrogen and oxygen atoms in total. The number of allylic oxidation sites excluding steroid dienone is 1. The largest absolute Gasteiger partial charge is 0.444 e. The SMILES string of the molecule is C=N/C(N)=C(/C#Cc1ccc(C(=O)N[C@H]2CC[C@H](NC(=N)NC(=O)OC(C)(C)C)CC2)cc1)c1cc(Cl)ccc1C. The van der Waals surface area contributed by atoms with E-state index in [1.807, 2.05) is 13.0 Å². The van der Waals surface area contributed by atoms with Gasteiger partial charge in [0.25, 0.3) is 5.91 Å². The van der Waals surface area contributed by atoms with E-state index in [9.17, 15) is 9.59 Å². The first-order valence-corrected chi connectivity index (χ1v) is 13.7. The summed E-state index contributed by atoms with van der Waals surface area (Å²) in [5.74, 6) is 6.13. The Morgan fingerprint density at radius 3 is 2.27 bits per heavy atom. The van der Waals surface area contributed by atoms with E-state index in [1.54, 1.807) is 57.2 Å². The molecule has 41 heavy (non-hydrogen) atoms. The summed E-state index contributed by atoms with van der Waals surface area (Å²) in [6.07, 6.45) is 2.34. The van der Waals surface area contributed by atoms with Crippen molar-refractivity contribution in [3.8, 4) is 11.8 Å². The van der Waals surface area contributed by atoms with Crippen LogP contribution in [0.25, 0.3) is 5.57 Å². The number of amides is 2. The maximum atomic E-state index is 12.9. The Morgan fingerprint density at radius 2 is 1.68 bits per heavy atom. The molecule has 2 aromatic carbocycles. The number of hydrogen-bond donors (Lipinski definition) is 5. The number of carbonyl (C=O) groups excluding carboxylic acids is 2.